The fourth-order valence-electron chi connectivity index (χ4n) is 12.1. The summed E-state index contributed by atoms with van der Waals surface area (Å²) in [6.07, 6.45) is 11.1. The van der Waals surface area contributed by atoms with Gasteiger partial charge in [-0.15, -0.1) is 0 Å². The number of carbonyl (C=O) groups is 1. The molecule has 10 unspecified atom stereocenters. The highest BCUT2D eigenvalue weighted by Crippen LogP contribution is 2.71. The summed E-state index contributed by atoms with van der Waals surface area (Å²) >= 11 is 0. The number of esters is 1. The molecule has 0 aromatic heterocycles. The van der Waals surface area contributed by atoms with Gasteiger partial charge in [0, 0.05) is 0 Å². The van der Waals surface area contributed by atoms with Gasteiger partial charge in [-0.1, -0.05) is 20.8 Å². The molecule has 0 aliphatic heterocycles. The molecule has 32 heavy (non-hydrogen) atoms. The summed E-state index contributed by atoms with van der Waals surface area (Å²) in [6, 6.07) is 0. The Morgan fingerprint density at radius 1 is 0.875 bits per heavy atom. The van der Waals surface area contributed by atoms with Gasteiger partial charge < -0.3 is 9.84 Å². The third-order valence-electron chi connectivity index (χ3n) is 13.1. The Labute approximate surface area is 194 Å². The van der Waals surface area contributed by atoms with Crippen molar-refractivity contribution < 1.29 is 14.6 Å². The molecule has 0 spiro atoms. The van der Waals surface area contributed by atoms with Crippen molar-refractivity contribution in [1.29, 1.82) is 0 Å². The molecule has 3 heteroatoms. The highest BCUT2D eigenvalue weighted by molar-refractivity contribution is 5.70. The largest absolute Gasteiger partial charge is 0.458 e. The molecule has 0 radical (unpaired) electrons. The molecule has 1 N–H and O–H groups in total. The van der Waals surface area contributed by atoms with Crippen LogP contribution in [0.25, 0.3) is 0 Å². The molecule has 178 valence electrons. The smallest absolute Gasteiger partial charge is 0.308 e. The minimum atomic E-state index is -0.490. The lowest BCUT2D eigenvalue weighted by molar-refractivity contribution is -0.212. The summed E-state index contributed by atoms with van der Waals surface area (Å²) in [5, 5.41) is 11.3. The van der Waals surface area contributed by atoms with Crippen LogP contribution in [0.3, 0.4) is 0 Å². The third kappa shape index (κ3) is 2.61. The molecule has 0 aromatic carbocycles. The second-order valence-electron chi connectivity index (χ2n) is 13.9. The minimum Gasteiger partial charge on any atom is -0.458 e. The van der Waals surface area contributed by atoms with Crippen molar-refractivity contribution in [3.8, 4) is 0 Å². The van der Waals surface area contributed by atoms with Crippen LogP contribution in [0, 0.1) is 76.9 Å². The van der Waals surface area contributed by atoms with Gasteiger partial charge in [0.25, 0.3) is 0 Å². The first kappa shape index (κ1) is 20.8. The maximum absolute atomic E-state index is 13.2. The molecule has 0 heterocycles. The molecular formula is C29H44O3. The van der Waals surface area contributed by atoms with Gasteiger partial charge in [-0.05, 0) is 135 Å². The average Bonchev–Trinajstić information content (AvgIpc) is 3.50. The lowest BCUT2D eigenvalue weighted by atomic mass is 9.49. The Balaban J connectivity index is 1.03. The van der Waals surface area contributed by atoms with E-state index in [0.717, 1.165) is 66.1 Å². The molecule has 8 aliphatic rings. The van der Waals surface area contributed by atoms with Crippen LogP contribution < -0.4 is 0 Å². The van der Waals surface area contributed by atoms with Crippen LogP contribution in [0.15, 0.2) is 0 Å². The molecule has 0 amide bonds. The van der Waals surface area contributed by atoms with Crippen molar-refractivity contribution in [2.24, 2.45) is 76.9 Å². The number of hydrogen-bond acceptors (Lipinski definition) is 3. The molecule has 3 nitrogen and oxygen atoms in total. The highest BCUT2D eigenvalue weighted by atomic mass is 16.6. The van der Waals surface area contributed by atoms with E-state index in [9.17, 15) is 9.90 Å². The van der Waals surface area contributed by atoms with Crippen molar-refractivity contribution in [2.45, 2.75) is 96.7 Å². The standard InChI is InChI=1S/C29H44O3/c1-4-29(19-6-16-5-17(8-19)9-20(29)7-16)32-26(31)13-25(30)23-10-18-11-24(23)28-22-12-21(27(18)28)14(2)15(22)3/h14-25,27-28,30H,4-13H2,1-3H3. The fraction of sp³-hybridized carbons (Fsp3) is 0.966. The van der Waals surface area contributed by atoms with E-state index in [-0.39, 0.29) is 18.0 Å². The monoisotopic (exact) mass is 440 g/mol. The van der Waals surface area contributed by atoms with Crippen molar-refractivity contribution in [1.82, 2.24) is 0 Å². The zero-order valence-corrected chi connectivity index (χ0v) is 20.4. The lowest BCUT2D eigenvalue weighted by Crippen LogP contribution is -2.59. The second kappa shape index (κ2) is 6.98. The Hall–Kier alpha value is -0.570. The van der Waals surface area contributed by atoms with E-state index >= 15 is 0 Å². The predicted molar refractivity (Wildman–Crippen MR) is 123 cm³/mol. The summed E-state index contributed by atoms with van der Waals surface area (Å²) in [4.78, 5) is 13.2. The first-order chi connectivity index (χ1) is 15.4. The number of aliphatic hydroxyl groups excluding tert-OH is 1. The molecule has 8 aliphatic carbocycles. The Morgan fingerprint density at radius 2 is 1.50 bits per heavy atom. The van der Waals surface area contributed by atoms with Crippen LogP contribution in [0.2, 0.25) is 0 Å². The molecule has 8 rings (SSSR count). The van der Waals surface area contributed by atoms with Crippen LogP contribution in [-0.2, 0) is 9.53 Å². The summed E-state index contributed by atoms with van der Waals surface area (Å²) in [7, 11) is 0. The molecular weight excluding hydrogens is 396 g/mol. The maximum Gasteiger partial charge on any atom is 0.308 e. The Bertz CT molecular complexity index is 761. The summed E-state index contributed by atoms with van der Waals surface area (Å²) in [5.41, 5.74) is -0.222. The quantitative estimate of drug-likeness (QED) is 0.441. The van der Waals surface area contributed by atoms with Crippen LogP contribution in [0.4, 0.5) is 0 Å². The number of ether oxygens (including phenoxy) is 1. The van der Waals surface area contributed by atoms with Crippen molar-refractivity contribution in [3.63, 3.8) is 0 Å². The van der Waals surface area contributed by atoms with Gasteiger partial charge in [-0.2, -0.15) is 0 Å². The number of aliphatic hydroxyl groups is 1. The maximum atomic E-state index is 13.2. The Morgan fingerprint density at radius 3 is 2.12 bits per heavy atom. The van der Waals surface area contributed by atoms with Crippen LogP contribution >= 0.6 is 0 Å². The molecule has 0 saturated heterocycles. The van der Waals surface area contributed by atoms with E-state index in [1.54, 1.807) is 0 Å². The van der Waals surface area contributed by atoms with Crippen LogP contribution in [-0.4, -0.2) is 22.8 Å². The van der Waals surface area contributed by atoms with E-state index in [1.807, 2.05) is 0 Å². The van der Waals surface area contributed by atoms with Crippen LogP contribution in [0.1, 0.15) is 85.0 Å². The molecule has 8 saturated carbocycles. The molecule has 8 bridgehead atoms. The van der Waals surface area contributed by atoms with Gasteiger partial charge in [-0.3, -0.25) is 4.79 Å². The fourth-order valence-corrected chi connectivity index (χ4v) is 12.1. The van der Waals surface area contributed by atoms with Gasteiger partial charge in [0.05, 0.1) is 12.5 Å². The van der Waals surface area contributed by atoms with E-state index in [0.29, 0.717) is 23.7 Å². The first-order valence-corrected chi connectivity index (χ1v) is 14.3. The van der Waals surface area contributed by atoms with Crippen molar-refractivity contribution >= 4 is 5.97 Å². The molecule has 10 atom stereocenters. The normalized spacial score (nSPS) is 59.6. The minimum absolute atomic E-state index is 0.0962. The number of carbonyl (C=O) groups excluding carboxylic acids is 1. The van der Waals surface area contributed by atoms with Crippen LogP contribution in [0.5, 0.6) is 0 Å². The van der Waals surface area contributed by atoms with Crippen molar-refractivity contribution in [2.75, 3.05) is 0 Å². The average molecular weight is 441 g/mol. The van der Waals surface area contributed by atoms with E-state index in [1.165, 1.54) is 44.9 Å². The molecule has 8 fully saturated rings. The van der Waals surface area contributed by atoms with Crippen molar-refractivity contribution in [3.05, 3.63) is 0 Å². The molecule has 0 aromatic rings. The van der Waals surface area contributed by atoms with Gasteiger partial charge in [0.2, 0.25) is 0 Å². The van der Waals surface area contributed by atoms with E-state index in [2.05, 4.69) is 20.8 Å². The Kier molecular flexibility index (Phi) is 4.53. The van der Waals surface area contributed by atoms with Gasteiger partial charge in [-0.25, -0.2) is 0 Å². The van der Waals surface area contributed by atoms with E-state index < -0.39 is 6.10 Å². The SMILES string of the molecule is CCC1(OC(=O)CC(O)C2CC3CC2C2C4CC(C(C)C4C)C32)C2CC3CC(C2)CC1C3. The third-order valence-corrected chi connectivity index (χ3v) is 13.1. The van der Waals surface area contributed by atoms with E-state index in [4.69, 9.17) is 4.74 Å². The predicted octanol–water partition coefficient (Wildman–Crippen LogP) is 5.70. The topological polar surface area (TPSA) is 46.5 Å². The number of hydrogen-bond donors (Lipinski definition) is 1. The number of rotatable bonds is 5. The first-order valence-electron chi connectivity index (χ1n) is 14.3. The van der Waals surface area contributed by atoms with Gasteiger partial charge >= 0.3 is 5.97 Å². The van der Waals surface area contributed by atoms with Gasteiger partial charge in [0.15, 0.2) is 0 Å². The summed E-state index contributed by atoms with van der Waals surface area (Å²) in [6.45, 7) is 7.21. The summed E-state index contributed by atoms with van der Waals surface area (Å²) < 4.78 is 6.44. The lowest BCUT2D eigenvalue weighted by Gasteiger charge is -2.60. The zero-order chi connectivity index (χ0) is 21.9. The number of fused-ring (bicyclic) bond motifs is 9. The zero-order valence-electron chi connectivity index (χ0n) is 20.4. The highest BCUT2D eigenvalue weighted by Gasteiger charge is 2.66. The second-order valence-corrected chi connectivity index (χ2v) is 13.9. The van der Waals surface area contributed by atoms with Gasteiger partial charge in [0.1, 0.15) is 5.60 Å². The summed E-state index contributed by atoms with van der Waals surface area (Å²) in [5.74, 6) is 9.99.